The Bertz CT molecular complexity index is 559. The Morgan fingerprint density at radius 2 is 1.84 bits per heavy atom. The lowest BCUT2D eigenvalue weighted by Gasteiger charge is -2.04. The molecule has 98 valence electrons. The van der Waals surface area contributed by atoms with Crippen LogP contribution in [-0.2, 0) is 0 Å². The molecule has 2 aromatic carbocycles. The summed E-state index contributed by atoms with van der Waals surface area (Å²) in [6.07, 6.45) is 1.80. The minimum atomic E-state index is 0.551. The summed E-state index contributed by atoms with van der Waals surface area (Å²) in [6.45, 7) is 4.37. The summed E-state index contributed by atoms with van der Waals surface area (Å²) in [5.41, 5.74) is 6.24. The highest BCUT2D eigenvalue weighted by Gasteiger charge is 1.97. The molecule has 2 rings (SSSR count). The first-order valence-corrected chi connectivity index (χ1v) is 6.67. The molecule has 0 saturated heterocycles. The van der Waals surface area contributed by atoms with Crippen LogP contribution in [0.1, 0.15) is 30.9 Å². The lowest BCUT2D eigenvalue weighted by atomic mass is 10.0. The second-order valence-electron chi connectivity index (χ2n) is 4.70. The minimum Gasteiger partial charge on any atom is -0.278 e. The Labute approximate surface area is 119 Å². The van der Waals surface area contributed by atoms with Gasteiger partial charge in [0.05, 0.1) is 11.9 Å². The number of nitrogens with zero attached hydrogens (tertiary/aromatic N) is 1. The van der Waals surface area contributed by atoms with Crippen LogP contribution in [0.2, 0.25) is 5.02 Å². The summed E-state index contributed by atoms with van der Waals surface area (Å²) in [7, 11) is 0. The van der Waals surface area contributed by atoms with Crippen molar-refractivity contribution in [1.29, 1.82) is 0 Å². The predicted octanol–water partition coefficient (Wildman–Crippen LogP) is 4.91. The van der Waals surface area contributed by atoms with Crippen LogP contribution in [0.15, 0.2) is 53.6 Å². The molecule has 0 saturated carbocycles. The van der Waals surface area contributed by atoms with E-state index < -0.39 is 0 Å². The van der Waals surface area contributed by atoms with Crippen LogP contribution in [0.25, 0.3) is 0 Å². The summed E-state index contributed by atoms with van der Waals surface area (Å²) in [5, 5.41) is 4.89. The molecule has 0 aliphatic heterocycles. The number of hydrazone groups is 1. The zero-order chi connectivity index (χ0) is 13.7. The van der Waals surface area contributed by atoms with Gasteiger partial charge in [-0.2, -0.15) is 5.10 Å². The molecule has 0 atom stereocenters. The highest BCUT2D eigenvalue weighted by atomic mass is 35.5. The number of halogens is 1. The lowest BCUT2D eigenvalue weighted by molar-refractivity contribution is 0.866. The van der Waals surface area contributed by atoms with E-state index in [-0.39, 0.29) is 0 Å². The molecule has 0 aliphatic rings. The van der Waals surface area contributed by atoms with Crippen molar-refractivity contribution in [1.82, 2.24) is 0 Å². The van der Waals surface area contributed by atoms with E-state index in [2.05, 4.69) is 48.6 Å². The molecule has 0 radical (unpaired) electrons. The van der Waals surface area contributed by atoms with Crippen molar-refractivity contribution in [3.8, 4) is 0 Å². The third kappa shape index (κ3) is 4.11. The zero-order valence-corrected chi connectivity index (χ0v) is 11.9. The van der Waals surface area contributed by atoms with Gasteiger partial charge in [-0.3, -0.25) is 5.43 Å². The standard InChI is InChI=1S/C16H17ClN2/c1-12(2)14-8-6-13(7-9-14)11-18-19-16-5-3-4-15(17)10-16/h3-12,19H,1-2H3. The fourth-order valence-electron chi connectivity index (χ4n) is 1.71. The van der Waals surface area contributed by atoms with Crippen LogP contribution in [0.5, 0.6) is 0 Å². The summed E-state index contributed by atoms with van der Waals surface area (Å²) in [5.74, 6) is 0.551. The van der Waals surface area contributed by atoms with Gasteiger partial charge in [-0.1, -0.05) is 55.8 Å². The van der Waals surface area contributed by atoms with Crippen molar-refractivity contribution in [2.75, 3.05) is 5.43 Å². The smallest absolute Gasteiger partial charge is 0.0576 e. The van der Waals surface area contributed by atoms with Crippen LogP contribution in [0, 0.1) is 0 Å². The Balaban J connectivity index is 1.99. The number of benzene rings is 2. The second-order valence-corrected chi connectivity index (χ2v) is 5.14. The molecule has 0 bridgehead atoms. The van der Waals surface area contributed by atoms with Crippen molar-refractivity contribution >= 4 is 23.5 Å². The van der Waals surface area contributed by atoms with Gasteiger partial charge >= 0.3 is 0 Å². The van der Waals surface area contributed by atoms with Gasteiger partial charge in [-0.15, -0.1) is 0 Å². The molecule has 0 fully saturated rings. The van der Waals surface area contributed by atoms with Gasteiger partial charge in [-0.05, 0) is 35.2 Å². The van der Waals surface area contributed by atoms with Crippen LogP contribution < -0.4 is 5.43 Å². The second kappa shape index (κ2) is 6.39. The third-order valence-electron chi connectivity index (χ3n) is 2.84. The van der Waals surface area contributed by atoms with Crippen LogP contribution in [0.4, 0.5) is 5.69 Å². The molecule has 0 aliphatic carbocycles. The molecule has 0 unspecified atom stereocenters. The van der Waals surface area contributed by atoms with E-state index in [1.807, 2.05) is 24.3 Å². The lowest BCUT2D eigenvalue weighted by Crippen LogP contribution is -1.91. The average molecular weight is 273 g/mol. The van der Waals surface area contributed by atoms with E-state index in [1.165, 1.54) is 5.56 Å². The molecule has 2 aromatic rings. The van der Waals surface area contributed by atoms with E-state index in [0.29, 0.717) is 10.9 Å². The molecule has 3 heteroatoms. The molecule has 0 aromatic heterocycles. The van der Waals surface area contributed by atoms with Gasteiger partial charge in [0.1, 0.15) is 0 Å². The van der Waals surface area contributed by atoms with Crippen molar-refractivity contribution in [3.63, 3.8) is 0 Å². The molecule has 19 heavy (non-hydrogen) atoms. The molecular formula is C16H17ClN2. The van der Waals surface area contributed by atoms with Crippen LogP contribution in [0.3, 0.4) is 0 Å². The summed E-state index contributed by atoms with van der Waals surface area (Å²) in [4.78, 5) is 0. The van der Waals surface area contributed by atoms with Crippen molar-refractivity contribution in [3.05, 3.63) is 64.7 Å². The van der Waals surface area contributed by atoms with Crippen molar-refractivity contribution in [2.24, 2.45) is 5.10 Å². The van der Waals surface area contributed by atoms with Gasteiger partial charge in [-0.25, -0.2) is 0 Å². The van der Waals surface area contributed by atoms with E-state index in [9.17, 15) is 0 Å². The first kappa shape index (κ1) is 13.6. The third-order valence-corrected chi connectivity index (χ3v) is 3.07. The first-order chi connectivity index (χ1) is 9.15. The average Bonchev–Trinajstić information content (AvgIpc) is 2.39. The number of anilines is 1. The normalized spacial score (nSPS) is 11.2. The fraction of sp³-hybridized carbons (Fsp3) is 0.188. The Hall–Kier alpha value is -1.80. The zero-order valence-electron chi connectivity index (χ0n) is 11.1. The van der Waals surface area contributed by atoms with Gasteiger partial charge < -0.3 is 0 Å². The van der Waals surface area contributed by atoms with E-state index >= 15 is 0 Å². The maximum Gasteiger partial charge on any atom is 0.0576 e. The topological polar surface area (TPSA) is 24.4 Å². The highest BCUT2D eigenvalue weighted by Crippen LogP contribution is 2.15. The van der Waals surface area contributed by atoms with Crippen LogP contribution in [-0.4, -0.2) is 6.21 Å². The summed E-state index contributed by atoms with van der Waals surface area (Å²) < 4.78 is 0. The monoisotopic (exact) mass is 272 g/mol. The predicted molar refractivity (Wildman–Crippen MR) is 83.2 cm³/mol. The fourth-order valence-corrected chi connectivity index (χ4v) is 1.90. The van der Waals surface area contributed by atoms with Crippen LogP contribution >= 0.6 is 11.6 Å². The van der Waals surface area contributed by atoms with Gasteiger partial charge in [0.25, 0.3) is 0 Å². The molecule has 1 N–H and O–H groups in total. The van der Waals surface area contributed by atoms with E-state index in [4.69, 9.17) is 11.6 Å². The quantitative estimate of drug-likeness (QED) is 0.621. The van der Waals surface area contributed by atoms with E-state index in [0.717, 1.165) is 11.3 Å². The molecule has 2 nitrogen and oxygen atoms in total. The van der Waals surface area contributed by atoms with Crippen molar-refractivity contribution in [2.45, 2.75) is 19.8 Å². The Morgan fingerprint density at radius 3 is 2.47 bits per heavy atom. The van der Waals surface area contributed by atoms with Gasteiger partial charge in [0, 0.05) is 5.02 Å². The summed E-state index contributed by atoms with van der Waals surface area (Å²) in [6, 6.07) is 15.9. The van der Waals surface area contributed by atoms with E-state index in [1.54, 1.807) is 6.21 Å². The molecule has 0 amide bonds. The highest BCUT2D eigenvalue weighted by molar-refractivity contribution is 6.30. The largest absolute Gasteiger partial charge is 0.278 e. The Morgan fingerprint density at radius 1 is 1.11 bits per heavy atom. The minimum absolute atomic E-state index is 0.551. The number of hydrogen-bond donors (Lipinski definition) is 1. The maximum atomic E-state index is 5.90. The number of rotatable bonds is 4. The molecular weight excluding hydrogens is 256 g/mol. The molecule has 0 spiro atoms. The van der Waals surface area contributed by atoms with Gasteiger partial charge in [0.15, 0.2) is 0 Å². The maximum absolute atomic E-state index is 5.90. The number of hydrogen-bond acceptors (Lipinski definition) is 2. The van der Waals surface area contributed by atoms with Gasteiger partial charge in [0.2, 0.25) is 0 Å². The Kier molecular flexibility index (Phi) is 4.58. The SMILES string of the molecule is CC(C)c1ccc(C=NNc2cccc(Cl)c2)cc1. The van der Waals surface area contributed by atoms with Crippen molar-refractivity contribution < 1.29 is 0 Å². The first-order valence-electron chi connectivity index (χ1n) is 6.30. The molecule has 0 heterocycles. The summed E-state index contributed by atoms with van der Waals surface area (Å²) >= 11 is 5.90. The number of nitrogens with one attached hydrogen (secondary N) is 1.